The van der Waals surface area contributed by atoms with E-state index >= 15 is 0 Å². The molecule has 0 radical (unpaired) electrons. The standard InChI is InChI=1S/C15H23N3O/c1-2-6-15(7-11-17-12-15)14(19)18-10-5-13-3-8-16-9-4-13/h3-4,8-9,17H,2,5-7,10-12H2,1H3,(H,18,19). The van der Waals surface area contributed by atoms with Crippen LogP contribution in [0.25, 0.3) is 0 Å². The van der Waals surface area contributed by atoms with Crippen LogP contribution in [0.5, 0.6) is 0 Å². The fraction of sp³-hybridized carbons (Fsp3) is 0.600. The molecular weight excluding hydrogens is 238 g/mol. The third kappa shape index (κ3) is 3.53. The van der Waals surface area contributed by atoms with E-state index in [-0.39, 0.29) is 11.3 Å². The van der Waals surface area contributed by atoms with E-state index in [2.05, 4.69) is 22.5 Å². The van der Waals surface area contributed by atoms with Gasteiger partial charge in [-0.25, -0.2) is 0 Å². The maximum atomic E-state index is 12.4. The van der Waals surface area contributed by atoms with Crippen LogP contribution in [0.4, 0.5) is 0 Å². The van der Waals surface area contributed by atoms with Crippen molar-refractivity contribution in [1.82, 2.24) is 15.6 Å². The summed E-state index contributed by atoms with van der Waals surface area (Å²) >= 11 is 0. The summed E-state index contributed by atoms with van der Waals surface area (Å²) in [6, 6.07) is 3.98. The Morgan fingerprint density at radius 1 is 1.47 bits per heavy atom. The van der Waals surface area contributed by atoms with Crippen molar-refractivity contribution in [2.45, 2.75) is 32.6 Å². The van der Waals surface area contributed by atoms with Crippen LogP contribution < -0.4 is 10.6 Å². The monoisotopic (exact) mass is 261 g/mol. The fourth-order valence-electron chi connectivity index (χ4n) is 2.80. The van der Waals surface area contributed by atoms with Crippen LogP contribution in [0.3, 0.4) is 0 Å². The quantitative estimate of drug-likeness (QED) is 0.816. The van der Waals surface area contributed by atoms with Crippen LogP contribution >= 0.6 is 0 Å². The molecule has 0 saturated carbocycles. The molecule has 1 amide bonds. The summed E-state index contributed by atoms with van der Waals surface area (Å²) in [5.74, 6) is 0.216. The summed E-state index contributed by atoms with van der Waals surface area (Å²) in [5, 5.41) is 6.42. The van der Waals surface area contributed by atoms with E-state index < -0.39 is 0 Å². The Morgan fingerprint density at radius 3 is 2.89 bits per heavy atom. The molecule has 0 aromatic carbocycles. The van der Waals surface area contributed by atoms with Gasteiger partial charge in [0, 0.05) is 25.5 Å². The summed E-state index contributed by atoms with van der Waals surface area (Å²) in [5.41, 5.74) is 1.04. The molecule has 1 atom stereocenters. The highest BCUT2D eigenvalue weighted by Crippen LogP contribution is 2.31. The highest BCUT2D eigenvalue weighted by molar-refractivity contribution is 5.83. The zero-order valence-corrected chi connectivity index (χ0v) is 11.6. The summed E-state index contributed by atoms with van der Waals surface area (Å²) < 4.78 is 0. The first-order chi connectivity index (χ1) is 9.27. The van der Waals surface area contributed by atoms with Crippen molar-refractivity contribution in [2.75, 3.05) is 19.6 Å². The van der Waals surface area contributed by atoms with Crippen molar-refractivity contribution < 1.29 is 4.79 Å². The number of pyridine rings is 1. The van der Waals surface area contributed by atoms with Crippen LogP contribution in [0, 0.1) is 5.41 Å². The van der Waals surface area contributed by atoms with Gasteiger partial charge in [0.2, 0.25) is 5.91 Å². The molecule has 4 nitrogen and oxygen atoms in total. The number of nitrogens with zero attached hydrogens (tertiary/aromatic N) is 1. The van der Waals surface area contributed by atoms with Crippen molar-refractivity contribution in [3.63, 3.8) is 0 Å². The number of hydrogen-bond donors (Lipinski definition) is 2. The lowest BCUT2D eigenvalue weighted by Gasteiger charge is -2.26. The first-order valence-corrected chi connectivity index (χ1v) is 7.15. The molecular formula is C15H23N3O. The number of nitrogens with one attached hydrogen (secondary N) is 2. The second-order valence-electron chi connectivity index (χ2n) is 5.32. The van der Waals surface area contributed by atoms with Gasteiger partial charge in [-0.2, -0.15) is 0 Å². The van der Waals surface area contributed by atoms with E-state index in [9.17, 15) is 4.79 Å². The lowest BCUT2D eigenvalue weighted by molar-refractivity contribution is -0.130. The van der Waals surface area contributed by atoms with Crippen LogP contribution in [0.2, 0.25) is 0 Å². The van der Waals surface area contributed by atoms with E-state index in [4.69, 9.17) is 0 Å². The smallest absolute Gasteiger partial charge is 0.227 e. The number of amides is 1. The van der Waals surface area contributed by atoms with Crippen molar-refractivity contribution in [1.29, 1.82) is 0 Å². The highest BCUT2D eigenvalue weighted by atomic mass is 16.2. The number of rotatable bonds is 6. The summed E-state index contributed by atoms with van der Waals surface area (Å²) in [4.78, 5) is 16.4. The SMILES string of the molecule is CCCC1(C(=O)NCCc2ccncc2)CCNC1. The van der Waals surface area contributed by atoms with E-state index in [1.54, 1.807) is 12.4 Å². The summed E-state index contributed by atoms with van der Waals surface area (Å²) in [6.45, 7) is 4.62. The second kappa shape index (κ2) is 6.66. The van der Waals surface area contributed by atoms with Gasteiger partial charge < -0.3 is 10.6 Å². The Hall–Kier alpha value is -1.42. The van der Waals surface area contributed by atoms with Gasteiger partial charge in [-0.05, 0) is 43.5 Å². The minimum atomic E-state index is -0.174. The van der Waals surface area contributed by atoms with Crippen molar-refractivity contribution in [2.24, 2.45) is 5.41 Å². The maximum Gasteiger partial charge on any atom is 0.227 e. The van der Waals surface area contributed by atoms with Gasteiger partial charge >= 0.3 is 0 Å². The molecule has 1 saturated heterocycles. The minimum absolute atomic E-state index is 0.174. The van der Waals surface area contributed by atoms with Crippen molar-refractivity contribution in [3.8, 4) is 0 Å². The molecule has 19 heavy (non-hydrogen) atoms. The summed E-state index contributed by atoms with van der Waals surface area (Å²) in [7, 11) is 0. The molecule has 1 fully saturated rings. The van der Waals surface area contributed by atoms with Crippen LogP contribution in [0.1, 0.15) is 31.7 Å². The molecule has 1 aliphatic heterocycles. The topological polar surface area (TPSA) is 54.0 Å². The molecule has 4 heteroatoms. The Kier molecular flexibility index (Phi) is 4.91. The zero-order chi connectivity index (χ0) is 13.6. The zero-order valence-electron chi connectivity index (χ0n) is 11.6. The number of carbonyl (C=O) groups is 1. The second-order valence-corrected chi connectivity index (χ2v) is 5.32. The number of carbonyl (C=O) groups excluding carboxylic acids is 1. The predicted octanol–water partition coefficient (Wildman–Crippen LogP) is 1.52. The Bertz CT molecular complexity index is 399. The Labute approximate surface area is 115 Å². The van der Waals surface area contributed by atoms with Gasteiger partial charge in [-0.3, -0.25) is 9.78 Å². The first kappa shape index (κ1) is 14.0. The molecule has 1 unspecified atom stereocenters. The van der Waals surface area contributed by atoms with E-state index in [0.717, 1.165) is 38.8 Å². The molecule has 2 rings (SSSR count). The number of aromatic nitrogens is 1. The molecule has 2 N–H and O–H groups in total. The molecule has 0 aliphatic carbocycles. The lowest BCUT2D eigenvalue weighted by atomic mass is 9.81. The third-order valence-electron chi connectivity index (χ3n) is 3.90. The fourth-order valence-corrected chi connectivity index (χ4v) is 2.80. The predicted molar refractivity (Wildman–Crippen MR) is 75.8 cm³/mol. The Morgan fingerprint density at radius 2 is 2.26 bits per heavy atom. The van der Waals surface area contributed by atoms with Gasteiger partial charge in [-0.15, -0.1) is 0 Å². The molecule has 104 valence electrons. The maximum absolute atomic E-state index is 12.4. The largest absolute Gasteiger partial charge is 0.355 e. The normalized spacial score (nSPS) is 22.4. The Balaban J connectivity index is 1.83. The highest BCUT2D eigenvalue weighted by Gasteiger charge is 2.39. The van der Waals surface area contributed by atoms with E-state index in [0.29, 0.717) is 6.54 Å². The van der Waals surface area contributed by atoms with Gasteiger partial charge in [0.15, 0.2) is 0 Å². The average molecular weight is 261 g/mol. The van der Waals surface area contributed by atoms with Gasteiger partial charge in [0.25, 0.3) is 0 Å². The van der Waals surface area contributed by atoms with Gasteiger partial charge in [-0.1, -0.05) is 13.3 Å². The van der Waals surface area contributed by atoms with E-state index in [1.165, 1.54) is 5.56 Å². The van der Waals surface area contributed by atoms with Crippen LogP contribution in [-0.4, -0.2) is 30.5 Å². The van der Waals surface area contributed by atoms with Gasteiger partial charge in [0.1, 0.15) is 0 Å². The molecule has 1 aromatic rings. The average Bonchev–Trinajstić information content (AvgIpc) is 2.90. The summed E-state index contributed by atoms with van der Waals surface area (Å²) in [6.07, 6.45) is 7.43. The lowest BCUT2D eigenvalue weighted by Crippen LogP contribution is -2.43. The first-order valence-electron chi connectivity index (χ1n) is 7.15. The van der Waals surface area contributed by atoms with Crippen LogP contribution in [-0.2, 0) is 11.2 Å². The molecule has 0 spiro atoms. The molecule has 1 aliphatic rings. The van der Waals surface area contributed by atoms with Crippen molar-refractivity contribution >= 4 is 5.91 Å². The van der Waals surface area contributed by atoms with Gasteiger partial charge in [0.05, 0.1) is 5.41 Å². The van der Waals surface area contributed by atoms with E-state index in [1.807, 2.05) is 12.1 Å². The van der Waals surface area contributed by atoms with Crippen LogP contribution in [0.15, 0.2) is 24.5 Å². The molecule has 2 heterocycles. The minimum Gasteiger partial charge on any atom is -0.355 e. The third-order valence-corrected chi connectivity index (χ3v) is 3.90. The van der Waals surface area contributed by atoms with Crippen molar-refractivity contribution in [3.05, 3.63) is 30.1 Å². The molecule has 0 bridgehead atoms. The number of hydrogen-bond acceptors (Lipinski definition) is 3. The molecule has 1 aromatic heterocycles.